The topological polar surface area (TPSA) is 39.7 Å². The van der Waals surface area contributed by atoms with Gasteiger partial charge in [0.05, 0.1) is 6.54 Å². The first kappa shape index (κ1) is 20.1. The van der Waals surface area contributed by atoms with Crippen molar-refractivity contribution >= 4 is 5.96 Å². The van der Waals surface area contributed by atoms with E-state index in [0.29, 0.717) is 19.6 Å². The van der Waals surface area contributed by atoms with Gasteiger partial charge in [-0.3, -0.25) is 9.89 Å². The minimum atomic E-state index is -4.11. The summed E-state index contributed by atoms with van der Waals surface area (Å²) in [7, 11) is 0. The zero-order valence-corrected chi connectivity index (χ0v) is 15.2. The van der Waals surface area contributed by atoms with Gasteiger partial charge < -0.3 is 10.6 Å². The van der Waals surface area contributed by atoms with E-state index < -0.39 is 12.7 Å². The van der Waals surface area contributed by atoms with Gasteiger partial charge in [-0.2, -0.15) is 13.2 Å². The van der Waals surface area contributed by atoms with Crippen molar-refractivity contribution in [1.29, 1.82) is 0 Å². The predicted molar refractivity (Wildman–Crippen MR) is 95.8 cm³/mol. The van der Waals surface area contributed by atoms with E-state index in [0.717, 1.165) is 31.9 Å². The standard InChI is InChI=1S/C18H31F3N4/c1-2-22-17(23-10-8-15-6-4-3-5-7-15)24-12-16-9-11-25(13-16)14-18(19,20)21/h6,16H,2-5,7-14H2,1H3,(H2,22,23,24). The third-order valence-electron chi connectivity index (χ3n) is 4.75. The van der Waals surface area contributed by atoms with Gasteiger partial charge in [-0.05, 0) is 57.9 Å². The SMILES string of the molecule is CCNC(=NCC1CCN(CC(F)(F)F)C1)NCCC1=CCCCC1. The van der Waals surface area contributed by atoms with E-state index in [1.54, 1.807) is 0 Å². The van der Waals surface area contributed by atoms with Crippen molar-refractivity contribution in [3.8, 4) is 0 Å². The van der Waals surface area contributed by atoms with Gasteiger partial charge in [0.25, 0.3) is 0 Å². The van der Waals surface area contributed by atoms with Crippen molar-refractivity contribution in [2.24, 2.45) is 10.9 Å². The molecular weight excluding hydrogens is 329 g/mol. The number of halogens is 3. The molecule has 2 aliphatic rings. The molecule has 2 rings (SSSR count). The lowest BCUT2D eigenvalue weighted by Crippen LogP contribution is -2.38. The molecule has 0 radical (unpaired) electrons. The molecule has 0 amide bonds. The van der Waals surface area contributed by atoms with Crippen molar-refractivity contribution < 1.29 is 13.2 Å². The quantitative estimate of drug-likeness (QED) is 0.416. The van der Waals surface area contributed by atoms with Gasteiger partial charge in [0, 0.05) is 26.2 Å². The van der Waals surface area contributed by atoms with Crippen LogP contribution in [0.5, 0.6) is 0 Å². The van der Waals surface area contributed by atoms with Gasteiger partial charge in [-0.15, -0.1) is 0 Å². The molecular formula is C18H31F3N4. The van der Waals surface area contributed by atoms with Gasteiger partial charge in [0.2, 0.25) is 0 Å². The van der Waals surface area contributed by atoms with E-state index in [-0.39, 0.29) is 5.92 Å². The molecule has 25 heavy (non-hydrogen) atoms. The second-order valence-corrected chi connectivity index (χ2v) is 7.01. The largest absolute Gasteiger partial charge is 0.401 e. The Bertz CT molecular complexity index is 460. The molecule has 1 unspecified atom stereocenters. The number of alkyl halides is 3. The zero-order valence-electron chi connectivity index (χ0n) is 15.2. The average Bonchev–Trinajstić information content (AvgIpc) is 2.99. The zero-order chi connectivity index (χ0) is 18.1. The Morgan fingerprint density at radius 3 is 2.84 bits per heavy atom. The number of nitrogens with zero attached hydrogens (tertiary/aromatic N) is 2. The molecule has 0 spiro atoms. The minimum absolute atomic E-state index is 0.207. The minimum Gasteiger partial charge on any atom is -0.357 e. The Morgan fingerprint density at radius 2 is 2.16 bits per heavy atom. The number of hydrogen-bond acceptors (Lipinski definition) is 2. The highest BCUT2D eigenvalue weighted by Crippen LogP contribution is 2.23. The molecule has 0 aromatic carbocycles. The molecule has 1 heterocycles. The van der Waals surface area contributed by atoms with Gasteiger partial charge in [0.1, 0.15) is 0 Å². The molecule has 1 aliphatic heterocycles. The van der Waals surface area contributed by atoms with E-state index in [1.807, 2.05) is 6.92 Å². The lowest BCUT2D eigenvalue weighted by atomic mass is 9.97. The monoisotopic (exact) mass is 360 g/mol. The van der Waals surface area contributed by atoms with Gasteiger partial charge >= 0.3 is 6.18 Å². The van der Waals surface area contributed by atoms with Crippen LogP contribution in [0.1, 0.15) is 45.4 Å². The lowest BCUT2D eigenvalue weighted by Gasteiger charge is -2.18. The smallest absolute Gasteiger partial charge is 0.357 e. The Morgan fingerprint density at radius 1 is 1.32 bits per heavy atom. The maximum Gasteiger partial charge on any atom is 0.401 e. The van der Waals surface area contributed by atoms with E-state index in [2.05, 4.69) is 21.7 Å². The number of nitrogens with one attached hydrogen (secondary N) is 2. The van der Waals surface area contributed by atoms with Crippen LogP contribution in [0.25, 0.3) is 0 Å². The van der Waals surface area contributed by atoms with Gasteiger partial charge in [0.15, 0.2) is 5.96 Å². The Kier molecular flexibility index (Phi) is 8.06. The molecule has 0 aromatic rings. The molecule has 1 fully saturated rings. The van der Waals surface area contributed by atoms with Crippen LogP contribution in [-0.2, 0) is 0 Å². The molecule has 0 bridgehead atoms. The highest BCUT2D eigenvalue weighted by molar-refractivity contribution is 5.79. The fourth-order valence-corrected chi connectivity index (χ4v) is 3.49. The highest BCUT2D eigenvalue weighted by atomic mass is 19.4. The normalized spacial score (nSPS) is 22.8. The third kappa shape index (κ3) is 8.12. The number of aliphatic imine (C=N–C) groups is 1. The van der Waals surface area contributed by atoms with Crippen LogP contribution in [-0.4, -0.2) is 56.3 Å². The summed E-state index contributed by atoms with van der Waals surface area (Å²) in [6.07, 6.45) is 5.04. The van der Waals surface area contributed by atoms with Crippen molar-refractivity contribution in [2.45, 2.75) is 51.6 Å². The van der Waals surface area contributed by atoms with Crippen LogP contribution in [0.4, 0.5) is 13.2 Å². The second kappa shape index (κ2) is 10.0. The van der Waals surface area contributed by atoms with Gasteiger partial charge in [-0.1, -0.05) is 11.6 Å². The number of rotatable bonds is 7. The van der Waals surface area contributed by atoms with Crippen LogP contribution >= 0.6 is 0 Å². The average molecular weight is 360 g/mol. The number of hydrogen-bond donors (Lipinski definition) is 2. The van der Waals surface area contributed by atoms with Crippen molar-refractivity contribution in [3.05, 3.63) is 11.6 Å². The summed E-state index contributed by atoms with van der Waals surface area (Å²) < 4.78 is 37.3. The summed E-state index contributed by atoms with van der Waals surface area (Å²) in [5.41, 5.74) is 1.52. The lowest BCUT2D eigenvalue weighted by molar-refractivity contribution is -0.143. The number of guanidine groups is 1. The molecule has 1 atom stereocenters. The van der Waals surface area contributed by atoms with Gasteiger partial charge in [-0.25, -0.2) is 0 Å². The highest BCUT2D eigenvalue weighted by Gasteiger charge is 2.34. The summed E-state index contributed by atoms with van der Waals surface area (Å²) in [6, 6.07) is 0. The van der Waals surface area contributed by atoms with E-state index >= 15 is 0 Å². The molecule has 4 nitrogen and oxygen atoms in total. The molecule has 0 aromatic heterocycles. The molecule has 1 aliphatic carbocycles. The molecule has 2 N–H and O–H groups in total. The first-order valence-corrected chi connectivity index (χ1v) is 9.45. The van der Waals surface area contributed by atoms with Crippen LogP contribution in [0.3, 0.4) is 0 Å². The Hall–Kier alpha value is -1.24. The summed E-state index contributed by atoms with van der Waals surface area (Å²) >= 11 is 0. The fraction of sp³-hybridized carbons (Fsp3) is 0.833. The fourth-order valence-electron chi connectivity index (χ4n) is 3.49. The van der Waals surface area contributed by atoms with E-state index in [4.69, 9.17) is 0 Å². The van der Waals surface area contributed by atoms with Crippen LogP contribution in [0.15, 0.2) is 16.6 Å². The molecule has 0 saturated carbocycles. The first-order valence-electron chi connectivity index (χ1n) is 9.45. The summed E-state index contributed by atoms with van der Waals surface area (Å²) in [5, 5.41) is 6.57. The van der Waals surface area contributed by atoms with E-state index in [9.17, 15) is 13.2 Å². The summed E-state index contributed by atoms with van der Waals surface area (Å²) in [6.45, 7) is 4.41. The second-order valence-electron chi connectivity index (χ2n) is 7.01. The maximum atomic E-state index is 12.4. The number of allylic oxidation sites excluding steroid dienone is 1. The molecule has 144 valence electrons. The molecule has 7 heteroatoms. The maximum absolute atomic E-state index is 12.4. The number of likely N-dealkylation sites (tertiary alicyclic amines) is 1. The predicted octanol–water partition coefficient (Wildman–Crippen LogP) is 3.32. The van der Waals surface area contributed by atoms with Crippen LogP contribution in [0, 0.1) is 5.92 Å². The van der Waals surface area contributed by atoms with Crippen molar-refractivity contribution in [3.63, 3.8) is 0 Å². The summed E-state index contributed by atoms with van der Waals surface area (Å²) in [5.74, 6) is 0.979. The Balaban J connectivity index is 1.72. The van der Waals surface area contributed by atoms with E-state index in [1.165, 1.54) is 36.2 Å². The van der Waals surface area contributed by atoms with Crippen molar-refractivity contribution in [2.75, 3.05) is 39.3 Å². The van der Waals surface area contributed by atoms with Crippen LogP contribution in [0.2, 0.25) is 0 Å². The van der Waals surface area contributed by atoms with Crippen molar-refractivity contribution in [1.82, 2.24) is 15.5 Å². The third-order valence-corrected chi connectivity index (χ3v) is 4.75. The Labute approximate surface area is 148 Å². The summed E-state index contributed by atoms with van der Waals surface area (Å²) in [4.78, 5) is 6.06. The first-order chi connectivity index (χ1) is 12.0. The van der Waals surface area contributed by atoms with Crippen LogP contribution < -0.4 is 10.6 Å². The molecule has 1 saturated heterocycles.